The molecule has 1 aromatic carbocycles. The fourth-order valence-corrected chi connectivity index (χ4v) is 2.66. The van der Waals surface area contributed by atoms with Crippen molar-refractivity contribution < 1.29 is 5.11 Å². The zero-order chi connectivity index (χ0) is 12.2. The number of rotatable bonds is 5. The van der Waals surface area contributed by atoms with Crippen LogP contribution in [0.2, 0.25) is 5.02 Å². The molecule has 3 heteroatoms. The lowest BCUT2D eigenvalue weighted by molar-refractivity contribution is 0.0451. The first-order chi connectivity index (χ1) is 7.47. The Labute approximate surface area is 111 Å². The van der Waals surface area contributed by atoms with Crippen LogP contribution in [0.5, 0.6) is 0 Å². The normalized spacial score (nSPS) is 14.8. The Balaban J connectivity index is 2.80. The zero-order valence-electron chi connectivity index (χ0n) is 9.76. The van der Waals surface area contributed by atoms with Gasteiger partial charge in [-0.25, -0.2) is 0 Å². The summed E-state index contributed by atoms with van der Waals surface area (Å²) in [6.45, 7) is 3.99. The lowest BCUT2D eigenvalue weighted by Gasteiger charge is -2.25. The standard InChI is InChI=1S/C13H18BrClO/c1-3-4-5-8-13(2,16)11-7-6-10(14)9-12(11)15/h6-7,9,16H,3-5,8H2,1-2H3. The van der Waals surface area contributed by atoms with Gasteiger partial charge in [0.2, 0.25) is 0 Å². The van der Waals surface area contributed by atoms with Crippen LogP contribution in [-0.4, -0.2) is 5.11 Å². The number of benzene rings is 1. The summed E-state index contributed by atoms with van der Waals surface area (Å²) in [6.07, 6.45) is 4.08. The van der Waals surface area contributed by atoms with E-state index < -0.39 is 5.60 Å². The van der Waals surface area contributed by atoms with Gasteiger partial charge in [-0.3, -0.25) is 0 Å². The molecule has 0 heterocycles. The number of unbranched alkanes of at least 4 members (excludes halogenated alkanes) is 2. The van der Waals surface area contributed by atoms with E-state index in [4.69, 9.17) is 11.6 Å². The van der Waals surface area contributed by atoms with Crippen LogP contribution >= 0.6 is 27.5 Å². The maximum Gasteiger partial charge on any atom is 0.0882 e. The first-order valence-corrected chi connectivity index (χ1v) is 6.82. The molecule has 0 amide bonds. The second-order valence-corrected chi connectivity index (χ2v) is 5.68. The molecule has 0 aliphatic heterocycles. The molecule has 0 spiro atoms. The fourth-order valence-electron chi connectivity index (χ4n) is 1.78. The van der Waals surface area contributed by atoms with Gasteiger partial charge in [-0.15, -0.1) is 0 Å². The Hall–Kier alpha value is -0.0500. The summed E-state index contributed by atoms with van der Waals surface area (Å²) in [5, 5.41) is 11.0. The minimum Gasteiger partial charge on any atom is -0.385 e. The third-order valence-electron chi connectivity index (χ3n) is 2.78. The molecule has 0 bridgehead atoms. The molecular formula is C13H18BrClO. The van der Waals surface area contributed by atoms with Crippen LogP contribution in [-0.2, 0) is 5.60 Å². The quantitative estimate of drug-likeness (QED) is 0.768. The molecule has 90 valence electrons. The molecule has 0 aliphatic rings. The average molecular weight is 306 g/mol. The number of hydrogen-bond donors (Lipinski definition) is 1. The van der Waals surface area contributed by atoms with Crippen LogP contribution in [0.4, 0.5) is 0 Å². The summed E-state index contributed by atoms with van der Waals surface area (Å²) < 4.78 is 0.936. The minimum absolute atomic E-state index is 0.621. The molecule has 1 aromatic rings. The molecule has 16 heavy (non-hydrogen) atoms. The summed E-state index contributed by atoms with van der Waals surface area (Å²) in [6, 6.07) is 5.62. The number of hydrogen-bond acceptors (Lipinski definition) is 1. The van der Waals surface area contributed by atoms with Gasteiger partial charge in [0.25, 0.3) is 0 Å². The van der Waals surface area contributed by atoms with Crippen LogP contribution in [0.3, 0.4) is 0 Å². The van der Waals surface area contributed by atoms with Gasteiger partial charge in [0.15, 0.2) is 0 Å². The first kappa shape index (κ1) is 14.0. The summed E-state index contributed by atoms with van der Waals surface area (Å²) in [4.78, 5) is 0. The predicted octanol–water partition coefficient (Wildman–Crippen LogP) is 4.89. The molecule has 0 fully saturated rings. The molecule has 1 atom stereocenters. The molecule has 0 saturated heterocycles. The smallest absolute Gasteiger partial charge is 0.0882 e. The van der Waals surface area contributed by atoms with E-state index in [9.17, 15) is 5.11 Å². The Morgan fingerprint density at radius 2 is 2.06 bits per heavy atom. The van der Waals surface area contributed by atoms with E-state index in [0.717, 1.165) is 35.7 Å². The van der Waals surface area contributed by atoms with Crippen molar-refractivity contribution in [1.82, 2.24) is 0 Å². The van der Waals surface area contributed by atoms with Gasteiger partial charge < -0.3 is 5.11 Å². The highest BCUT2D eigenvalue weighted by molar-refractivity contribution is 9.10. The van der Waals surface area contributed by atoms with Crippen LogP contribution in [0, 0.1) is 0 Å². The van der Waals surface area contributed by atoms with Crippen molar-refractivity contribution in [3.63, 3.8) is 0 Å². The third kappa shape index (κ3) is 3.76. The van der Waals surface area contributed by atoms with Crippen molar-refractivity contribution in [2.45, 2.75) is 45.1 Å². The molecule has 1 unspecified atom stereocenters. The van der Waals surface area contributed by atoms with Crippen LogP contribution in [0.1, 0.15) is 45.1 Å². The van der Waals surface area contributed by atoms with Gasteiger partial charge in [0, 0.05) is 15.1 Å². The lowest BCUT2D eigenvalue weighted by Crippen LogP contribution is -2.21. The maximum atomic E-state index is 10.4. The van der Waals surface area contributed by atoms with Gasteiger partial charge >= 0.3 is 0 Å². The molecule has 0 aromatic heterocycles. The fraction of sp³-hybridized carbons (Fsp3) is 0.538. The van der Waals surface area contributed by atoms with Crippen LogP contribution in [0.15, 0.2) is 22.7 Å². The number of aliphatic hydroxyl groups is 1. The lowest BCUT2D eigenvalue weighted by atomic mass is 9.90. The van der Waals surface area contributed by atoms with Gasteiger partial charge in [0.1, 0.15) is 0 Å². The van der Waals surface area contributed by atoms with Crippen molar-refractivity contribution in [1.29, 1.82) is 0 Å². The molecule has 1 N–H and O–H groups in total. The highest BCUT2D eigenvalue weighted by Crippen LogP contribution is 2.33. The summed E-state index contributed by atoms with van der Waals surface area (Å²) in [5.41, 5.74) is -0.0130. The SMILES string of the molecule is CCCCCC(C)(O)c1ccc(Br)cc1Cl. The Kier molecular flexibility index (Phi) is 5.29. The van der Waals surface area contributed by atoms with E-state index in [2.05, 4.69) is 22.9 Å². The predicted molar refractivity (Wildman–Crippen MR) is 72.9 cm³/mol. The van der Waals surface area contributed by atoms with E-state index in [1.807, 2.05) is 25.1 Å². The van der Waals surface area contributed by atoms with Crippen molar-refractivity contribution in [2.24, 2.45) is 0 Å². The van der Waals surface area contributed by atoms with E-state index in [1.54, 1.807) is 0 Å². The van der Waals surface area contributed by atoms with Crippen LogP contribution < -0.4 is 0 Å². The van der Waals surface area contributed by atoms with Gasteiger partial charge in [-0.1, -0.05) is 59.8 Å². The Morgan fingerprint density at radius 1 is 1.38 bits per heavy atom. The van der Waals surface area contributed by atoms with E-state index in [1.165, 1.54) is 0 Å². The Morgan fingerprint density at radius 3 is 2.62 bits per heavy atom. The number of halogens is 2. The zero-order valence-corrected chi connectivity index (χ0v) is 12.1. The van der Waals surface area contributed by atoms with Crippen molar-refractivity contribution in [3.8, 4) is 0 Å². The molecule has 1 rings (SSSR count). The highest BCUT2D eigenvalue weighted by Gasteiger charge is 2.24. The molecule has 0 saturated carbocycles. The van der Waals surface area contributed by atoms with Crippen LogP contribution in [0.25, 0.3) is 0 Å². The second-order valence-electron chi connectivity index (χ2n) is 4.36. The maximum absolute atomic E-state index is 10.4. The van der Waals surface area contributed by atoms with E-state index in [0.29, 0.717) is 5.02 Å². The van der Waals surface area contributed by atoms with Crippen molar-refractivity contribution >= 4 is 27.5 Å². The molecule has 0 radical (unpaired) electrons. The molecule has 0 aliphatic carbocycles. The summed E-state index contributed by atoms with van der Waals surface area (Å²) >= 11 is 9.50. The highest BCUT2D eigenvalue weighted by atomic mass is 79.9. The largest absolute Gasteiger partial charge is 0.385 e. The topological polar surface area (TPSA) is 20.2 Å². The summed E-state index contributed by atoms with van der Waals surface area (Å²) in [7, 11) is 0. The monoisotopic (exact) mass is 304 g/mol. The van der Waals surface area contributed by atoms with Gasteiger partial charge in [-0.05, 0) is 25.5 Å². The molecule has 1 nitrogen and oxygen atoms in total. The van der Waals surface area contributed by atoms with E-state index in [-0.39, 0.29) is 0 Å². The van der Waals surface area contributed by atoms with Gasteiger partial charge in [0.05, 0.1) is 5.60 Å². The average Bonchev–Trinajstić information content (AvgIpc) is 2.17. The van der Waals surface area contributed by atoms with Crippen molar-refractivity contribution in [3.05, 3.63) is 33.3 Å². The summed E-state index contributed by atoms with van der Waals surface area (Å²) in [5.74, 6) is 0. The second kappa shape index (κ2) is 6.04. The van der Waals surface area contributed by atoms with Gasteiger partial charge in [-0.2, -0.15) is 0 Å². The first-order valence-electron chi connectivity index (χ1n) is 5.65. The Bertz CT molecular complexity index is 350. The van der Waals surface area contributed by atoms with Crippen molar-refractivity contribution in [2.75, 3.05) is 0 Å². The molecular weight excluding hydrogens is 287 g/mol. The minimum atomic E-state index is -0.826. The third-order valence-corrected chi connectivity index (χ3v) is 3.58. The van der Waals surface area contributed by atoms with E-state index >= 15 is 0 Å².